The molecule has 0 saturated carbocycles. The first-order chi connectivity index (χ1) is 18.6. The minimum atomic E-state index is -0.579. The number of pyridine rings is 2. The molecule has 0 aliphatic carbocycles. The number of aromatic nitrogens is 2. The van der Waals surface area contributed by atoms with Gasteiger partial charge in [-0.05, 0) is 65.8 Å². The molecule has 0 aliphatic heterocycles. The Hall–Kier alpha value is -3.97. The number of carbonyl (C=O) groups excluding carboxylic acids is 2. The fourth-order valence-corrected chi connectivity index (χ4v) is 2.00. The van der Waals surface area contributed by atoms with Crippen LogP contribution < -0.4 is 10.2 Å². The summed E-state index contributed by atoms with van der Waals surface area (Å²) in [5.74, 6) is -1.74. The summed E-state index contributed by atoms with van der Waals surface area (Å²) in [6.45, 7) is 13.1. The van der Waals surface area contributed by atoms with E-state index in [2.05, 4.69) is 9.97 Å². The van der Waals surface area contributed by atoms with Crippen molar-refractivity contribution in [3.05, 3.63) is 121 Å². The quantitative estimate of drug-likeness (QED) is 0.172. The van der Waals surface area contributed by atoms with E-state index in [1.165, 1.54) is 13.8 Å². The second-order valence-electron chi connectivity index (χ2n) is 9.78. The van der Waals surface area contributed by atoms with Crippen LogP contribution in [0.4, 0.5) is 0 Å². The number of hydrogen-bond acceptors (Lipinski definition) is 8. The van der Waals surface area contributed by atoms with Gasteiger partial charge in [0.05, 0.1) is 0 Å². The fraction of sp³-hybridized carbons (Fsp3) is 0.312. The maximum Gasteiger partial charge on any atom is 2.00 e. The number of nitrogens with zero attached hydrogens (tertiary/aromatic N) is 2. The van der Waals surface area contributed by atoms with Crippen LogP contribution in [-0.4, -0.2) is 33.1 Å². The van der Waals surface area contributed by atoms with Crippen LogP contribution in [0.2, 0.25) is 0 Å². The number of hydrogen-bond donors (Lipinski definition) is 0. The average molecular weight is 609 g/mol. The zero-order valence-corrected chi connectivity index (χ0v) is 26.0. The summed E-state index contributed by atoms with van der Waals surface area (Å²) in [6, 6.07) is 23.4. The van der Waals surface area contributed by atoms with Crippen molar-refractivity contribution < 1.29 is 45.8 Å². The Morgan fingerprint density at radius 3 is 0.878 bits per heavy atom. The van der Waals surface area contributed by atoms with Gasteiger partial charge >= 0.3 is 28.4 Å². The molecule has 9 heteroatoms. The molecule has 0 fully saturated rings. The number of benzene rings is 1. The number of allylic oxidation sites excluding steroid dienone is 2. The average Bonchev–Trinajstić information content (AvgIpc) is 2.85. The summed E-state index contributed by atoms with van der Waals surface area (Å²) in [6.07, 6.45) is 8.87. The van der Waals surface area contributed by atoms with Gasteiger partial charge in [-0.1, -0.05) is 62.4 Å². The van der Waals surface area contributed by atoms with Crippen molar-refractivity contribution in [1.29, 1.82) is 0 Å². The Labute approximate surface area is 255 Å². The molecule has 41 heavy (non-hydrogen) atoms. The maximum absolute atomic E-state index is 10.8. The molecule has 2 aromatic heterocycles. The molecule has 8 nitrogen and oxygen atoms in total. The van der Waals surface area contributed by atoms with Crippen molar-refractivity contribution >= 4 is 11.9 Å². The van der Waals surface area contributed by atoms with Gasteiger partial charge in [0.15, 0.2) is 0 Å². The van der Waals surface area contributed by atoms with Crippen LogP contribution in [0.1, 0.15) is 55.4 Å². The van der Waals surface area contributed by atoms with E-state index in [1.807, 2.05) is 72.8 Å². The second-order valence-corrected chi connectivity index (χ2v) is 9.78. The van der Waals surface area contributed by atoms with Gasteiger partial charge in [-0.25, -0.2) is 9.59 Å². The fourth-order valence-electron chi connectivity index (χ4n) is 2.00. The Morgan fingerprint density at radius 2 is 0.756 bits per heavy atom. The first-order valence-electron chi connectivity index (χ1n) is 12.5. The molecule has 0 atom stereocenters. The molecule has 2 heterocycles. The van der Waals surface area contributed by atoms with Gasteiger partial charge in [0.1, 0.15) is 11.2 Å². The third-order valence-electron chi connectivity index (χ3n) is 3.26. The number of ether oxygens (including phenoxy) is 2. The molecule has 0 saturated heterocycles. The predicted octanol–water partition coefficient (Wildman–Crippen LogP) is 5.03. The van der Waals surface area contributed by atoms with E-state index in [9.17, 15) is 19.8 Å². The van der Waals surface area contributed by atoms with Gasteiger partial charge in [-0.15, -0.1) is 11.5 Å². The first kappa shape index (κ1) is 41.5. The minimum absolute atomic E-state index is 0. The van der Waals surface area contributed by atoms with Gasteiger partial charge in [-0.3, -0.25) is 9.97 Å². The number of carbonyl (C=O) groups is 2. The van der Waals surface area contributed by atoms with Crippen molar-refractivity contribution in [2.24, 2.45) is 0 Å². The van der Waals surface area contributed by atoms with Crippen LogP contribution in [0.25, 0.3) is 0 Å². The molecular weight excluding hydrogens is 567 g/mol. The standard InChI is InChI=1S/2C8H14O3.C6H6.2C5H5N.Ni/c2*1-6(9)5-7(10)11-8(2,3)4;3*1-2-4-6-5-3-1;/h2*5,9H,1-4H3;1-6H;2*1-5H;/q;;;;;+2/p-2/b2*6-5-;;;;. The molecule has 0 aliphatic rings. The molecule has 0 spiro atoms. The smallest absolute Gasteiger partial charge is 0.875 e. The monoisotopic (exact) mass is 608 g/mol. The van der Waals surface area contributed by atoms with Gasteiger partial charge < -0.3 is 19.7 Å². The molecule has 1 aromatic carbocycles. The normalized spacial score (nSPS) is 10.4. The van der Waals surface area contributed by atoms with Gasteiger partial charge in [0.25, 0.3) is 0 Å². The van der Waals surface area contributed by atoms with Crippen molar-refractivity contribution in [2.45, 2.75) is 66.6 Å². The third kappa shape index (κ3) is 40.7. The van der Waals surface area contributed by atoms with Crippen LogP contribution in [0.15, 0.2) is 121 Å². The molecule has 0 radical (unpaired) electrons. The van der Waals surface area contributed by atoms with E-state index in [4.69, 9.17) is 9.47 Å². The van der Waals surface area contributed by atoms with E-state index in [1.54, 1.807) is 66.3 Å². The van der Waals surface area contributed by atoms with Crippen LogP contribution >= 0.6 is 0 Å². The number of rotatable bonds is 2. The van der Waals surface area contributed by atoms with Gasteiger partial charge in [0.2, 0.25) is 0 Å². The van der Waals surface area contributed by atoms with E-state index in [-0.39, 0.29) is 28.0 Å². The summed E-state index contributed by atoms with van der Waals surface area (Å²) < 4.78 is 9.67. The van der Waals surface area contributed by atoms with Crippen molar-refractivity contribution in [3.8, 4) is 0 Å². The van der Waals surface area contributed by atoms with Gasteiger partial charge in [0, 0.05) is 36.9 Å². The van der Waals surface area contributed by atoms with Crippen LogP contribution in [0.3, 0.4) is 0 Å². The Kier molecular flexibility index (Phi) is 25.3. The Bertz CT molecular complexity index is 875. The van der Waals surface area contributed by atoms with E-state index < -0.39 is 23.1 Å². The largest absolute Gasteiger partial charge is 2.00 e. The molecule has 0 bridgehead atoms. The summed E-state index contributed by atoms with van der Waals surface area (Å²) in [5, 5.41) is 20.8. The summed E-state index contributed by atoms with van der Waals surface area (Å²) in [4.78, 5) is 29.1. The van der Waals surface area contributed by atoms with Crippen molar-refractivity contribution in [2.75, 3.05) is 0 Å². The van der Waals surface area contributed by atoms with Crippen LogP contribution in [0, 0.1) is 0 Å². The van der Waals surface area contributed by atoms with E-state index in [0.29, 0.717) is 0 Å². The molecule has 226 valence electrons. The van der Waals surface area contributed by atoms with Crippen molar-refractivity contribution in [3.63, 3.8) is 0 Å². The third-order valence-corrected chi connectivity index (χ3v) is 3.26. The zero-order valence-electron chi connectivity index (χ0n) is 25.1. The second kappa shape index (κ2) is 25.0. The minimum Gasteiger partial charge on any atom is -0.875 e. The SMILES string of the molecule is C/C([O-])=C/C(=O)OC(C)(C)C.C/C([O-])=C/C(=O)OC(C)(C)C.[Ni+2].c1ccccc1.c1ccncc1.c1ccncc1. The Balaban J connectivity index is -0.000000449. The molecule has 3 rings (SSSR count). The molecule has 3 aromatic rings. The van der Waals surface area contributed by atoms with Crippen LogP contribution in [-0.2, 0) is 35.6 Å². The van der Waals surface area contributed by atoms with E-state index in [0.717, 1.165) is 12.2 Å². The Morgan fingerprint density at radius 1 is 0.537 bits per heavy atom. The van der Waals surface area contributed by atoms with Gasteiger partial charge in [-0.2, -0.15) is 0 Å². The molecule has 0 amide bonds. The molecule has 0 N–H and O–H groups in total. The predicted molar refractivity (Wildman–Crippen MR) is 154 cm³/mol. The molecule has 0 unspecified atom stereocenters. The summed E-state index contributed by atoms with van der Waals surface area (Å²) in [7, 11) is 0. The topological polar surface area (TPSA) is 125 Å². The summed E-state index contributed by atoms with van der Waals surface area (Å²) >= 11 is 0. The summed E-state index contributed by atoms with van der Waals surface area (Å²) in [5.41, 5.74) is -1.05. The zero-order chi connectivity index (χ0) is 30.9. The maximum atomic E-state index is 10.8. The van der Waals surface area contributed by atoms with E-state index >= 15 is 0 Å². The number of esters is 2. The molecular formula is C32H42N2NiO6. The van der Waals surface area contributed by atoms with Crippen LogP contribution in [0.5, 0.6) is 0 Å². The van der Waals surface area contributed by atoms with Crippen molar-refractivity contribution in [1.82, 2.24) is 9.97 Å². The first-order valence-corrected chi connectivity index (χ1v) is 12.5.